The number of hydrogen-bond acceptors (Lipinski definition) is 3. The Labute approximate surface area is 115 Å². The van der Waals surface area contributed by atoms with Crippen molar-refractivity contribution in [2.45, 2.75) is 32.9 Å². The van der Waals surface area contributed by atoms with Crippen molar-refractivity contribution in [2.75, 3.05) is 24.5 Å². The van der Waals surface area contributed by atoms with E-state index in [1.807, 2.05) is 32.9 Å². The molecular formula is C15H23N3O. The van der Waals surface area contributed by atoms with E-state index in [2.05, 4.69) is 27.7 Å². The molecule has 19 heavy (non-hydrogen) atoms. The molecule has 0 saturated carbocycles. The van der Waals surface area contributed by atoms with Gasteiger partial charge in [0.2, 0.25) is 5.91 Å². The summed E-state index contributed by atoms with van der Waals surface area (Å²) < 4.78 is 0. The van der Waals surface area contributed by atoms with E-state index in [9.17, 15) is 4.79 Å². The van der Waals surface area contributed by atoms with Gasteiger partial charge in [-0.15, -0.1) is 0 Å². The van der Waals surface area contributed by atoms with Gasteiger partial charge in [0.1, 0.15) is 0 Å². The maximum atomic E-state index is 12.1. The summed E-state index contributed by atoms with van der Waals surface area (Å²) in [5.41, 5.74) is 2.24. The fourth-order valence-electron chi connectivity index (χ4n) is 2.32. The molecule has 0 atom stereocenters. The number of carbonyl (C=O) groups excluding carboxylic acids is 1. The summed E-state index contributed by atoms with van der Waals surface area (Å²) in [7, 11) is 0. The van der Waals surface area contributed by atoms with Gasteiger partial charge in [-0.3, -0.25) is 4.79 Å². The van der Waals surface area contributed by atoms with E-state index in [0.29, 0.717) is 6.54 Å². The third-order valence-corrected chi connectivity index (χ3v) is 3.06. The number of hydrogen-bond donors (Lipinski definition) is 2. The lowest BCUT2D eigenvalue weighted by molar-refractivity contribution is -0.121. The molecule has 0 aromatic heterocycles. The molecule has 104 valence electrons. The second-order valence-electron chi connectivity index (χ2n) is 6.03. The Morgan fingerprint density at radius 1 is 1.37 bits per heavy atom. The first kappa shape index (κ1) is 13.9. The Bertz CT molecular complexity index is 451. The lowest BCUT2D eigenvalue weighted by Gasteiger charge is -2.27. The highest BCUT2D eigenvalue weighted by molar-refractivity contribution is 5.82. The SMILES string of the molecule is CC(C)(C)NC(=O)CN1CCNCc2ccccc21. The standard InChI is InChI=1S/C15H23N3O/c1-15(2,3)17-14(19)11-18-9-8-16-10-12-6-4-5-7-13(12)18/h4-7,16H,8-11H2,1-3H3,(H,17,19). The Hall–Kier alpha value is -1.55. The number of benzene rings is 1. The molecule has 1 aromatic rings. The topological polar surface area (TPSA) is 44.4 Å². The third kappa shape index (κ3) is 3.96. The summed E-state index contributed by atoms with van der Waals surface area (Å²) in [5.74, 6) is 0.0733. The molecule has 1 heterocycles. The van der Waals surface area contributed by atoms with Gasteiger partial charge in [-0.2, -0.15) is 0 Å². The Balaban J connectivity index is 2.10. The van der Waals surface area contributed by atoms with E-state index in [4.69, 9.17) is 0 Å². The van der Waals surface area contributed by atoms with E-state index < -0.39 is 0 Å². The summed E-state index contributed by atoms with van der Waals surface area (Å²) in [6.07, 6.45) is 0. The van der Waals surface area contributed by atoms with Crippen molar-refractivity contribution in [1.29, 1.82) is 0 Å². The summed E-state index contributed by atoms with van der Waals surface area (Å²) in [6, 6.07) is 8.27. The quantitative estimate of drug-likeness (QED) is 0.848. The summed E-state index contributed by atoms with van der Waals surface area (Å²) in [6.45, 7) is 9.05. The van der Waals surface area contributed by atoms with Crippen LogP contribution in [0.4, 0.5) is 5.69 Å². The molecular weight excluding hydrogens is 238 g/mol. The average molecular weight is 261 g/mol. The van der Waals surface area contributed by atoms with Gasteiger partial charge in [0.05, 0.1) is 6.54 Å². The zero-order chi connectivity index (χ0) is 13.9. The van der Waals surface area contributed by atoms with Gasteiger partial charge in [0.15, 0.2) is 0 Å². The Morgan fingerprint density at radius 2 is 2.11 bits per heavy atom. The summed E-state index contributed by atoms with van der Waals surface area (Å²) >= 11 is 0. The van der Waals surface area contributed by atoms with Gasteiger partial charge in [0.25, 0.3) is 0 Å². The number of para-hydroxylation sites is 1. The minimum atomic E-state index is -0.180. The molecule has 1 aliphatic rings. The fraction of sp³-hybridized carbons (Fsp3) is 0.533. The molecule has 1 aromatic carbocycles. The van der Waals surface area contributed by atoms with Crippen LogP contribution in [0, 0.1) is 0 Å². The first-order valence-corrected chi connectivity index (χ1v) is 6.80. The summed E-state index contributed by atoms with van der Waals surface area (Å²) in [4.78, 5) is 14.2. The van der Waals surface area contributed by atoms with Crippen molar-refractivity contribution < 1.29 is 4.79 Å². The Morgan fingerprint density at radius 3 is 2.84 bits per heavy atom. The first-order chi connectivity index (χ1) is 8.96. The normalized spacial score (nSPS) is 15.6. The number of rotatable bonds is 2. The van der Waals surface area contributed by atoms with Crippen LogP contribution in [0.25, 0.3) is 0 Å². The van der Waals surface area contributed by atoms with Crippen LogP contribution in [-0.2, 0) is 11.3 Å². The number of anilines is 1. The molecule has 0 fully saturated rings. The average Bonchev–Trinajstić information content (AvgIpc) is 2.50. The van der Waals surface area contributed by atoms with E-state index in [1.165, 1.54) is 5.56 Å². The van der Waals surface area contributed by atoms with Crippen LogP contribution in [-0.4, -0.2) is 31.1 Å². The first-order valence-electron chi connectivity index (χ1n) is 6.80. The second-order valence-corrected chi connectivity index (χ2v) is 6.03. The molecule has 1 amide bonds. The van der Waals surface area contributed by atoms with E-state index in [1.54, 1.807) is 0 Å². The minimum absolute atomic E-state index is 0.0733. The maximum Gasteiger partial charge on any atom is 0.239 e. The van der Waals surface area contributed by atoms with Crippen molar-refractivity contribution in [2.24, 2.45) is 0 Å². The highest BCUT2D eigenvalue weighted by atomic mass is 16.2. The zero-order valence-corrected chi connectivity index (χ0v) is 12.0. The minimum Gasteiger partial charge on any atom is -0.361 e. The molecule has 1 aliphatic heterocycles. The number of amides is 1. The molecule has 0 unspecified atom stereocenters. The molecule has 4 nitrogen and oxygen atoms in total. The zero-order valence-electron chi connectivity index (χ0n) is 12.0. The van der Waals surface area contributed by atoms with Gasteiger partial charge < -0.3 is 15.5 Å². The number of nitrogens with zero attached hydrogens (tertiary/aromatic N) is 1. The van der Waals surface area contributed by atoms with Crippen LogP contribution in [0.1, 0.15) is 26.3 Å². The summed E-state index contributed by atoms with van der Waals surface area (Å²) in [5, 5.41) is 6.40. The molecule has 0 bridgehead atoms. The van der Waals surface area contributed by atoms with Crippen LogP contribution in [0.15, 0.2) is 24.3 Å². The van der Waals surface area contributed by atoms with Crippen molar-refractivity contribution >= 4 is 11.6 Å². The van der Waals surface area contributed by atoms with Crippen LogP contribution in [0.3, 0.4) is 0 Å². The van der Waals surface area contributed by atoms with Gasteiger partial charge in [-0.1, -0.05) is 18.2 Å². The van der Waals surface area contributed by atoms with Crippen LogP contribution in [0.5, 0.6) is 0 Å². The predicted molar refractivity (Wildman–Crippen MR) is 78.3 cm³/mol. The highest BCUT2D eigenvalue weighted by Crippen LogP contribution is 2.21. The monoisotopic (exact) mass is 261 g/mol. The van der Waals surface area contributed by atoms with Crippen molar-refractivity contribution in [3.63, 3.8) is 0 Å². The van der Waals surface area contributed by atoms with Crippen molar-refractivity contribution in [1.82, 2.24) is 10.6 Å². The maximum absolute atomic E-state index is 12.1. The molecule has 2 N–H and O–H groups in total. The van der Waals surface area contributed by atoms with Crippen molar-refractivity contribution in [3.05, 3.63) is 29.8 Å². The molecule has 0 radical (unpaired) electrons. The van der Waals surface area contributed by atoms with E-state index >= 15 is 0 Å². The van der Waals surface area contributed by atoms with E-state index in [0.717, 1.165) is 25.3 Å². The molecule has 0 aliphatic carbocycles. The lowest BCUT2D eigenvalue weighted by atomic mass is 10.1. The molecule has 4 heteroatoms. The third-order valence-electron chi connectivity index (χ3n) is 3.06. The Kier molecular flexibility index (Phi) is 4.10. The van der Waals surface area contributed by atoms with Crippen LogP contribution in [0.2, 0.25) is 0 Å². The number of carbonyl (C=O) groups is 1. The second kappa shape index (κ2) is 5.61. The van der Waals surface area contributed by atoms with Gasteiger partial charge in [-0.05, 0) is 32.4 Å². The van der Waals surface area contributed by atoms with Crippen LogP contribution >= 0.6 is 0 Å². The lowest BCUT2D eigenvalue weighted by Crippen LogP contribution is -2.46. The van der Waals surface area contributed by atoms with E-state index in [-0.39, 0.29) is 11.4 Å². The molecule has 0 spiro atoms. The van der Waals surface area contributed by atoms with Gasteiger partial charge in [0, 0.05) is 30.9 Å². The number of nitrogens with one attached hydrogen (secondary N) is 2. The largest absolute Gasteiger partial charge is 0.361 e. The molecule has 0 saturated heterocycles. The smallest absolute Gasteiger partial charge is 0.239 e. The van der Waals surface area contributed by atoms with Crippen molar-refractivity contribution in [3.8, 4) is 0 Å². The predicted octanol–water partition coefficient (Wildman–Crippen LogP) is 1.51. The number of fused-ring (bicyclic) bond motifs is 1. The molecule has 2 rings (SSSR count). The van der Waals surface area contributed by atoms with Gasteiger partial charge in [-0.25, -0.2) is 0 Å². The van der Waals surface area contributed by atoms with Crippen LogP contribution < -0.4 is 15.5 Å². The fourth-order valence-corrected chi connectivity index (χ4v) is 2.32. The van der Waals surface area contributed by atoms with Gasteiger partial charge >= 0.3 is 0 Å². The highest BCUT2D eigenvalue weighted by Gasteiger charge is 2.19.